The predicted molar refractivity (Wildman–Crippen MR) is 43.3 cm³/mol. The Morgan fingerprint density at radius 1 is 1.73 bits per heavy atom. The van der Waals surface area contributed by atoms with E-state index in [1.807, 2.05) is 0 Å². The molecule has 0 aliphatic carbocycles. The maximum atomic E-state index is 10.4. The minimum atomic E-state index is -0.389. The van der Waals surface area contributed by atoms with Crippen molar-refractivity contribution in [2.75, 3.05) is 5.75 Å². The molecule has 11 heavy (non-hydrogen) atoms. The molecule has 0 atom stereocenters. The number of hydrogen-bond donors (Lipinski definition) is 1. The first-order valence-electron chi connectivity index (χ1n) is 2.89. The molecular weight excluding hydrogens is 166 g/mol. The number of carbonyl (C=O) groups is 1. The van der Waals surface area contributed by atoms with E-state index >= 15 is 0 Å². The summed E-state index contributed by atoms with van der Waals surface area (Å²) >= 11 is 1.29. The zero-order valence-electron chi connectivity index (χ0n) is 5.90. The van der Waals surface area contributed by atoms with Gasteiger partial charge in [0, 0.05) is 6.92 Å². The van der Waals surface area contributed by atoms with Gasteiger partial charge in [0.15, 0.2) is 5.17 Å². The highest BCUT2D eigenvalue weighted by atomic mass is 32.2. The second-order valence-corrected chi connectivity index (χ2v) is 2.81. The molecule has 1 heterocycles. The van der Waals surface area contributed by atoms with Gasteiger partial charge in [0.05, 0.1) is 5.75 Å². The van der Waals surface area contributed by atoms with Crippen LogP contribution in [0.1, 0.15) is 6.92 Å². The molecule has 0 amide bonds. The molecule has 0 aromatic rings. The van der Waals surface area contributed by atoms with Crippen LogP contribution in [0.5, 0.6) is 0 Å². The topological polar surface area (TPSA) is 77.0 Å². The molecule has 0 aromatic heterocycles. The van der Waals surface area contributed by atoms with Crippen LogP contribution < -0.4 is 5.73 Å². The molecular formula is C5H7N3O2S. The molecule has 1 aliphatic heterocycles. The van der Waals surface area contributed by atoms with Crippen LogP contribution in [0.3, 0.4) is 0 Å². The Morgan fingerprint density at radius 3 is 2.91 bits per heavy atom. The first-order valence-corrected chi connectivity index (χ1v) is 3.88. The van der Waals surface area contributed by atoms with Crippen molar-refractivity contribution in [1.82, 2.24) is 0 Å². The SMILES string of the molecule is CC(=O)OC1=NN=C(N)SC1. The third-order valence-corrected chi connectivity index (χ3v) is 1.63. The number of rotatable bonds is 0. The van der Waals surface area contributed by atoms with Crippen LogP contribution in [-0.2, 0) is 9.53 Å². The van der Waals surface area contributed by atoms with Crippen LogP contribution in [0.2, 0.25) is 0 Å². The molecule has 5 nitrogen and oxygen atoms in total. The largest absolute Gasteiger partial charge is 0.409 e. The van der Waals surface area contributed by atoms with Crippen molar-refractivity contribution in [3.8, 4) is 0 Å². The van der Waals surface area contributed by atoms with Gasteiger partial charge in [-0.1, -0.05) is 11.8 Å². The van der Waals surface area contributed by atoms with E-state index in [-0.39, 0.29) is 5.97 Å². The fourth-order valence-electron chi connectivity index (χ4n) is 0.514. The van der Waals surface area contributed by atoms with Gasteiger partial charge in [-0.2, -0.15) is 0 Å². The highest BCUT2D eigenvalue weighted by Gasteiger charge is 2.10. The van der Waals surface area contributed by atoms with Crippen molar-refractivity contribution >= 4 is 28.8 Å². The van der Waals surface area contributed by atoms with Gasteiger partial charge in [-0.15, -0.1) is 10.2 Å². The maximum absolute atomic E-state index is 10.4. The average Bonchev–Trinajstić information content (AvgIpc) is 1.93. The van der Waals surface area contributed by atoms with E-state index in [9.17, 15) is 4.79 Å². The Bertz CT molecular complexity index is 236. The average molecular weight is 173 g/mol. The second-order valence-electron chi connectivity index (χ2n) is 1.81. The molecule has 1 rings (SSSR count). The van der Waals surface area contributed by atoms with Crippen LogP contribution in [0.4, 0.5) is 0 Å². The monoisotopic (exact) mass is 173 g/mol. The van der Waals surface area contributed by atoms with Gasteiger partial charge in [-0.25, -0.2) is 0 Å². The van der Waals surface area contributed by atoms with Gasteiger partial charge in [0.2, 0.25) is 5.90 Å². The third-order valence-electron chi connectivity index (χ3n) is 0.865. The number of thioether (sulfide) groups is 1. The number of nitrogens with two attached hydrogens (primary N) is 1. The smallest absolute Gasteiger partial charge is 0.309 e. The van der Waals surface area contributed by atoms with Crippen molar-refractivity contribution in [3.63, 3.8) is 0 Å². The number of esters is 1. The summed E-state index contributed by atoms with van der Waals surface area (Å²) in [5.74, 6) is 0.381. The fourth-order valence-corrected chi connectivity index (χ4v) is 1.00. The minimum absolute atomic E-state index is 0.303. The number of ether oxygens (including phenoxy) is 1. The molecule has 0 unspecified atom stereocenters. The van der Waals surface area contributed by atoms with E-state index in [0.717, 1.165) is 0 Å². The van der Waals surface area contributed by atoms with Crippen LogP contribution in [0.15, 0.2) is 10.2 Å². The predicted octanol–water partition coefficient (Wildman–Crippen LogP) is -0.0755. The van der Waals surface area contributed by atoms with Crippen LogP contribution in [0.25, 0.3) is 0 Å². The quantitative estimate of drug-likeness (QED) is 0.520. The van der Waals surface area contributed by atoms with Crippen LogP contribution >= 0.6 is 11.8 Å². The standard InChI is InChI=1S/C5H7N3O2S/c1-3(9)10-4-2-11-5(6)8-7-4/h2H2,1H3,(H2,6,8). The zero-order valence-corrected chi connectivity index (χ0v) is 6.72. The molecule has 0 spiro atoms. The summed E-state index contributed by atoms with van der Waals surface area (Å²) in [4.78, 5) is 10.4. The van der Waals surface area contributed by atoms with E-state index in [2.05, 4.69) is 14.9 Å². The highest BCUT2D eigenvalue weighted by molar-refractivity contribution is 8.14. The van der Waals surface area contributed by atoms with Crippen molar-refractivity contribution in [2.45, 2.75) is 6.92 Å². The normalized spacial score (nSPS) is 16.8. The zero-order chi connectivity index (χ0) is 8.27. The third kappa shape index (κ3) is 2.58. The van der Waals surface area contributed by atoms with Crippen LogP contribution in [0, 0.1) is 0 Å². The molecule has 0 saturated carbocycles. The molecule has 6 heteroatoms. The molecule has 2 N–H and O–H groups in total. The summed E-state index contributed by atoms with van der Waals surface area (Å²) in [5.41, 5.74) is 5.29. The number of hydrogen-bond acceptors (Lipinski definition) is 6. The van der Waals surface area contributed by atoms with Gasteiger partial charge in [-0.05, 0) is 0 Å². The van der Waals surface area contributed by atoms with Crippen molar-refractivity contribution in [1.29, 1.82) is 0 Å². The van der Waals surface area contributed by atoms with E-state index in [1.54, 1.807) is 0 Å². The van der Waals surface area contributed by atoms with E-state index in [1.165, 1.54) is 18.7 Å². The summed E-state index contributed by atoms with van der Waals surface area (Å²) in [6, 6.07) is 0. The first-order chi connectivity index (χ1) is 5.18. The number of carbonyl (C=O) groups excluding carboxylic acids is 1. The summed E-state index contributed by atoms with van der Waals surface area (Å²) < 4.78 is 4.67. The Morgan fingerprint density at radius 2 is 2.45 bits per heavy atom. The number of nitrogens with zero attached hydrogens (tertiary/aromatic N) is 2. The first kappa shape index (κ1) is 8.06. The molecule has 0 radical (unpaired) electrons. The lowest BCUT2D eigenvalue weighted by molar-refractivity contribution is -0.133. The molecule has 0 bridgehead atoms. The minimum Gasteiger partial charge on any atom is -0.409 e. The van der Waals surface area contributed by atoms with Gasteiger partial charge >= 0.3 is 5.97 Å². The molecule has 0 saturated heterocycles. The van der Waals surface area contributed by atoms with E-state index in [4.69, 9.17) is 5.73 Å². The van der Waals surface area contributed by atoms with Gasteiger partial charge in [-0.3, -0.25) is 4.79 Å². The molecule has 0 fully saturated rings. The second kappa shape index (κ2) is 3.38. The fraction of sp³-hybridized carbons (Fsp3) is 0.400. The van der Waals surface area contributed by atoms with Gasteiger partial charge in [0.1, 0.15) is 0 Å². The Hall–Kier alpha value is -1.04. The summed E-state index contributed by atoms with van der Waals surface area (Å²) in [5, 5.41) is 7.49. The van der Waals surface area contributed by atoms with Crippen molar-refractivity contribution < 1.29 is 9.53 Å². The lowest BCUT2D eigenvalue weighted by Gasteiger charge is -2.06. The Kier molecular flexibility index (Phi) is 2.48. The lowest BCUT2D eigenvalue weighted by Crippen LogP contribution is -2.19. The van der Waals surface area contributed by atoms with Crippen LogP contribution in [-0.4, -0.2) is 22.8 Å². The maximum Gasteiger partial charge on any atom is 0.309 e. The van der Waals surface area contributed by atoms with Gasteiger partial charge < -0.3 is 10.5 Å². The molecule has 1 aliphatic rings. The van der Waals surface area contributed by atoms with Crippen molar-refractivity contribution in [2.24, 2.45) is 15.9 Å². The highest BCUT2D eigenvalue weighted by Crippen LogP contribution is 2.07. The Labute approximate surface area is 67.7 Å². The lowest BCUT2D eigenvalue weighted by atomic mass is 10.7. The molecule has 0 aromatic carbocycles. The van der Waals surface area contributed by atoms with Crippen molar-refractivity contribution in [3.05, 3.63) is 0 Å². The van der Waals surface area contributed by atoms with E-state index < -0.39 is 0 Å². The Balaban J connectivity index is 2.54. The summed E-state index contributed by atoms with van der Waals surface area (Å²) in [7, 11) is 0. The van der Waals surface area contributed by atoms with E-state index in [0.29, 0.717) is 16.8 Å². The number of amidine groups is 1. The van der Waals surface area contributed by atoms with Gasteiger partial charge in [0.25, 0.3) is 0 Å². The summed E-state index contributed by atoms with van der Waals surface area (Å²) in [6.07, 6.45) is 0. The molecule has 60 valence electrons. The summed E-state index contributed by atoms with van der Waals surface area (Å²) in [6.45, 7) is 1.31.